The molecule has 0 bridgehead atoms. The number of nitrogens with zero attached hydrogens (tertiary/aromatic N) is 1. The Morgan fingerprint density at radius 3 is 2.40 bits per heavy atom. The lowest BCUT2D eigenvalue weighted by molar-refractivity contribution is -0.125. The minimum atomic E-state index is -0.691. The fourth-order valence-electron chi connectivity index (χ4n) is 3.70. The zero-order chi connectivity index (χ0) is 21.8. The van der Waals surface area contributed by atoms with Crippen LogP contribution in [0, 0.1) is 6.92 Å². The predicted molar refractivity (Wildman–Crippen MR) is 110 cm³/mol. The molecule has 0 saturated carbocycles. The molecule has 0 atom stereocenters. The van der Waals surface area contributed by atoms with Gasteiger partial charge in [0.15, 0.2) is 0 Å². The van der Waals surface area contributed by atoms with Gasteiger partial charge in [-0.05, 0) is 38.8 Å². The Morgan fingerprint density at radius 1 is 1.10 bits per heavy atom. The number of methoxy groups -OCH3 is 2. The van der Waals surface area contributed by atoms with Gasteiger partial charge in [0, 0.05) is 36.0 Å². The van der Waals surface area contributed by atoms with Crippen molar-refractivity contribution in [2.24, 2.45) is 0 Å². The van der Waals surface area contributed by atoms with Crippen LogP contribution in [-0.4, -0.2) is 61.5 Å². The molecule has 30 heavy (non-hydrogen) atoms. The van der Waals surface area contributed by atoms with Crippen molar-refractivity contribution in [1.29, 1.82) is 0 Å². The van der Waals surface area contributed by atoms with Gasteiger partial charge < -0.3 is 24.1 Å². The molecule has 0 aliphatic carbocycles. The Labute approximate surface area is 175 Å². The van der Waals surface area contributed by atoms with Crippen molar-refractivity contribution in [2.75, 3.05) is 33.9 Å². The lowest BCUT2D eigenvalue weighted by Gasteiger charge is -2.15. The predicted octanol–water partition coefficient (Wildman–Crippen LogP) is 2.99. The van der Waals surface area contributed by atoms with Gasteiger partial charge in [-0.25, -0.2) is 4.79 Å². The molecule has 0 spiro atoms. The van der Waals surface area contributed by atoms with Crippen molar-refractivity contribution in [2.45, 2.75) is 26.7 Å². The van der Waals surface area contributed by atoms with E-state index in [4.69, 9.17) is 14.2 Å². The smallest absolute Gasteiger partial charge is 0.340 e. The standard InChI is InChI=1S/C22H26N2O6/c1-5-30-22(27)17-13(2)23-19(20(25)21(26)24-10-6-7-11-24)18(17)15-9-8-14(28-3)12-16(15)29-4/h8-9,12,23H,5-7,10-11H2,1-4H3. The van der Waals surface area contributed by atoms with Crippen LogP contribution in [0.15, 0.2) is 18.2 Å². The zero-order valence-electron chi connectivity index (χ0n) is 17.7. The van der Waals surface area contributed by atoms with Crippen LogP contribution >= 0.6 is 0 Å². The van der Waals surface area contributed by atoms with Gasteiger partial charge in [-0.3, -0.25) is 9.59 Å². The van der Waals surface area contributed by atoms with E-state index < -0.39 is 17.7 Å². The highest BCUT2D eigenvalue weighted by atomic mass is 16.5. The van der Waals surface area contributed by atoms with Crippen LogP contribution < -0.4 is 9.47 Å². The zero-order valence-corrected chi connectivity index (χ0v) is 17.7. The number of hydrogen-bond acceptors (Lipinski definition) is 6. The average Bonchev–Trinajstić information content (AvgIpc) is 3.40. The van der Waals surface area contributed by atoms with E-state index in [2.05, 4.69) is 4.98 Å². The van der Waals surface area contributed by atoms with Crippen LogP contribution in [0.5, 0.6) is 11.5 Å². The number of amides is 1. The average molecular weight is 414 g/mol. The second kappa shape index (κ2) is 9.02. The monoisotopic (exact) mass is 414 g/mol. The Bertz CT molecular complexity index is 972. The molecule has 0 unspecified atom stereocenters. The summed E-state index contributed by atoms with van der Waals surface area (Å²) in [7, 11) is 3.02. The molecule has 8 heteroatoms. The highest BCUT2D eigenvalue weighted by Gasteiger charge is 2.33. The van der Waals surface area contributed by atoms with Gasteiger partial charge in [0.05, 0.1) is 26.4 Å². The second-order valence-electron chi connectivity index (χ2n) is 6.99. The Kier molecular flexibility index (Phi) is 6.44. The summed E-state index contributed by atoms with van der Waals surface area (Å²) in [6, 6.07) is 5.05. The molecule has 1 aliphatic heterocycles. The number of likely N-dealkylation sites (tertiary alicyclic amines) is 1. The molecule has 1 N–H and O–H groups in total. The number of Topliss-reactive ketones (excluding diaryl/α,β-unsaturated/α-hetero) is 1. The van der Waals surface area contributed by atoms with E-state index in [9.17, 15) is 14.4 Å². The Morgan fingerprint density at radius 2 is 1.80 bits per heavy atom. The molecule has 2 aromatic rings. The van der Waals surface area contributed by atoms with Gasteiger partial charge >= 0.3 is 5.97 Å². The molecular weight excluding hydrogens is 388 g/mol. The van der Waals surface area contributed by atoms with Crippen molar-refractivity contribution in [1.82, 2.24) is 9.88 Å². The van der Waals surface area contributed by atoms with E-state index >= 15 is 0 Å². The molecule has 1 saturated heterocycles. The number of H-pyrrole nitrogens is 1. The van der Waals surface area contributed by atoms with E-state index in [1.54, 1.807) is 32.0 Å². The maximum atomic E-state index is 13.2. The first-order valence-electron chi connectivity index (χ1n) is 9.88. The fraction of sp³-hybridized carbons (Fsp3) is 0.409. The SMILES string of the molecule is CCOC(=O)c1c(C)[nH]c(C(=O)C(=O)N2CCCC2)c1-c1ccc(OC)cc1OC. The highest BCUT2D eigenvalue weighted by molar-refractivity contribution is 6.43. The van der Waals surface area contributed by atoms with Crippen LogP contribution in [0.25, 0.3) is 11.1 Å². The summed E-state index contributed by atoms with van der Waals surface area (Å²) in [5, 5.41) is 0. The molecule has 1 aliphatic rings. The number of aryl methyl sites for hydroxylation is 1. The van der Waals surface area contributed by atoms with Crippen LogP contribution in [0.2, 0.25) is 0 Å². The van der Waals surface area contributed by atoms with Crippen LogP contribution in [-0.2, 0) is 9.53 Å². The Balaban J connectivity index is 2.19. The summed E-state index contributed by atoms with van der Waals surface area (Å²) < 4.78 is 15.9. The molecule has 1 aromatic heterocycles. The van der Waals surface area contributed by atoms with Crippen molar-refractivity contribution < 1.29 is 28.6 Å². The molecule has 2 heterocycles. The van der Waals surface area contributed by atoms with Crippen LogP contribution in [0.1, 0.15) is 46.3 Å². The number of nitrogens with one attached hydrogen (secondary N) is 1. The normalized spacial score (nSPS) is 13.3. The van der Waals surface area contributed by atoms with E-state index in [1.165, 1.54) is 19.1 Å². The third kappa shape index (κ3) is 3.90. The number of rotatable bonds is 7. The molecule has 1 aromatic carbocycles. The second-order valence-corrected chi connectivity index (χ2v) is 6.99. The van der Waals surface area contributed by atoms with Gasteiger partial charge in [-0.15, -0.1) is 0 Å². The first-order valence-corrected chi connectivity index (χ1v) is 9.88. The van der Waals surface area contributed by atoms with Gasteiger partial charge in [0.2, 0.25) is 0 Å². The fourth-order valence-corrected chi connectivity index (χ4v) is 3.70. The first-order chi connectivity index (χ1) is 14.4. The Hall–Kier alpha value is -3.29. The minimum absolute atomic E-state index is 0.0518. The first kappa shape index (κ1) is 21.4. The summed E-state index contributed by atoms with van der Waals surface area (Å²) in [5.41, 5.74) is 1.49. The summed E-state index contributed by atoms with van der Waals surface area (Å²) >= 11 is 0. The summed E-state index contributed by atoms with van der Waals surface area (Å²) in [6.45, 7) is 4.66. The van der Waals surface area contributed by atoms with Crippen molar-refractivity contribution >= 4 is 17.7 Å². The summed E-state index contributed by atoms with van der Waals surface area (Å²) in [6.07, 6.45) is 1.74. The van der Waals surface area contributed by atoms with Crippen molar-refractivity contribution in [3.63, 3.8) is 0 Å². The molecule has 1 amide bonds. The molecule has 1 fully saturated rings. The largest absolute Gasteiger partial charge is 0.497 e. The minimum Gasteiger partial charge on any atom is -0.497 e. The van der Waals surface area contributed by atoms with E-state index in [1.807, 2.05) is 0 Å². The molecule has 8 nitrogen and oxygen atoms in total. The molecule has 0 radical (unpaired) electrons. The number of esters is 1. The number of hydrogen-bond donors (Lipinski definition) is 1. The number of benzene rings is 1. The van der Waals surface area contributed by atoms with E-state index in [0.29, 0.717) is 41.4 Å². The molecule has 160 valence electrons. The highest BCUT2D eigenvalue weighted by Crippen LogP contribution is 2.39. The van der Waals surface area contributed by atoms with E-state index in [0.717, 1.165) is 12.8 Å². The number of aromatic nitrogens is 1. The number of carbonyl (C=O) groups excluding carboxylic acids is 3. The number of ether oxygens (including phenoxy) is 3. The van der Waals surface area contributed by atoms with Crippen molar-refractivity contribution in [3.8, 4) is 22.6 Å². The van der Waals surface area contributed by atoms with Crippen LogP contribution in [0.3, 0.4) is 0 Å². The van der Waals surface area contributed by atoms with Crippen LogP contribution in [0.4, 0.5) is 0 Å². The van der Waals surface area contributed by atoms with E-state index in [-0.39, 0.29) is 17.9 Å². The lowest BCUT2D eigenvalue weighted by atomic mass is 9.97. The van der Waals surface area contributed by atoms with Gasteiger partial charge in [0.25, 0.3) is 11.7 Å². The van der Waals surface area contributed by atoms with Gasteiger partial charge in [0.1, 0.15) is 17.2 Å². The topological polar surface area (TPSA) is 97.9 Å². The molecular formula is C22H26N2O6. The third-order valence-electron chi connectivity index (χ3n) is 5.16. The van der Waals surface area contributed by atoms with Gasteiger partial charge in [-0.1, -0.05) is 0 Å². The summed E-state index contributed by atoms with van der Waals surface area (Å²) in [4.78, 5) is 43.2. The maximum absolute atomic E-state index is 13.2. The molecule has 3 rings (SSSR count). The summed E-state index contributed by atoms with van der Waals surface area (Å²) in [5.74, 6) is -0.892. The third-order valence-corrected chi connectivity index (χ3v) is 5.16. The number of aromatic amines is 1. The van der Waals surface area contributed by atoms with Gasteiger partial charge in [-0.2, -0.15) is 0 Å². The number of carbonyl (C=O) groups is 3. The lowest BCUT2D eigenvalue weighted by Crippen LogP contribution is -2.34. The van der Waals surface area contributed by atoms with Crippen molar-refractivity contribution in [3.05, 3.63) is 35.2 Å². The maximum Gasteiger partial charge on any atom is 0.340 e. The number of ketones is 1. The quantitative estimate of drug-likeness (QED) is 0.425.